The van der Waals surface area contributed by atoms with Gasteiger partial charge in [-0.3, -0.25) is 4.79 Å². The van der Waals surface area contributed by atoms with E-state index in [1.54, 1.807) is 0 Å². The molecule has 1 aromatic heterocycles. The fraction of sp³-hybridized carbons (Fsp3) is 0.167. The molecule has 20 heavy (non-hydrogen) atoms. The lowest BCUT2D eigenvalue weighted by Gasteiger charge is -2.08. The van der Waals surface area contributed by atoms with Crippen LogP contribution in [0.15, 0.2) is 59.4 Å². The molecule has 0 atom stereocenters. The summed E-state index contributed by atoms with van der Waals surface area (Å²) in [6.07, 6.45) is 1.80. The second kappa shape index (κ2) is 5.33. The first-order chi connectivity index (χ1) is 9.75. The SMILES string of the molecule is Cc1c(CCc2ccccc2)[nH]c2ccccc2c1=O. The normalized spacial score (nSPS) is 10.8. The van der Waals surface area contributed by atoms with Crippen molar-refractivity contribution in [1.29, 1.82) is 0 Å². The summed E-state index contributed by atoms with van der Waals surface area (Å²) in [5.41, 5.74) is 4.23. The number of aromatic amines is 1. The molecule has 0 saturated carbocycles. The fourth-order valence-electron chi connectivity index (χ4n) is 2.55. The van der Waals surface area contributed by atoms with E-state index in [-0.39, 0.29) is 5.43 Å². The summed E-state index contributed by atoms with van der Waals surface area (Å²) in [6, 6.07) is 18.0. The predicted molar refractivity (Wildman–Crippen MR) is 83.2 cm³/mol. The van der Waals surface area contributed by atoms with Gasteiger partial charge in [-0.05, 0) is 37.5 Å². The van der Waals surface area contributed by atoms with Crippen molar-refractivity contribution in [3.63, 3.8) is 0 Å². The van der Waals surface area contributed by atoms with Crippen LogP contribution in [-0.4, -0.2) is 4.98 Å². The summed E-state index contributed by atoms with van der Waals surface area (Å²) >= 11 is 0. The van der Waals surface area contributed by atoms with Gasteiger partial charge >= 0.3 is 0 Å². The molecule has 0 aliphatic rings. The molecule has 0 saturated heterocycles. The van der Waals surface area contributed by atoms with Crippen molar-refractivity contribution in [3.8, 4) is 0 Å². The first kappa shape index (κ1) is 12.7. The van der Waals surface area contributed by atoms with Gasteiger partial charge in [0.2, 0.25) is 0 Å². The van der Waals surface area contributed by atoms with Crippen LogP contribution in [0.5, 0.6) is 0 Å². The lowest BCUT2D eigenvalue weighted by molar-refractivity contribution is 0.906. The zero-order valence-electron chi connectivity index (χ0n) is 11.5. The van der Waals surface area contributed by atoms with Gasteiger partial charge in [-0.25, -0.2) is 0 Å². The van der Waals surface area contributed by atoms with Crippen LogP contribution >= 0.6 is 0 Å². The number of aromatic nitrogens is 1. The average Bonchev–Trinajstić information content (AvgIpc) is 2.50. The molecule has 3 aromatic rings. The zero-order valence-corrected chi connectivity index (χ0v) is 11.5. The second-order valence-corrected chi connectivity index (χ2v) is 5.09. The summed E-state index contributed by atoms with van der Waals surface area (Å²) < 4.78 is 0. The standard InChI is InChI=1S/C18H17NO/c1-13-16(12-11-14-7-3-2-4-8-14)19-17-10-6-5-9-15(17)18(13)20/h2-10H,11-12H2,1H3,(H,19,20). The van der Waals surface area contributed by atoms with Gasteiger partial charge in [0.15, 0.2) is 5.43 Å². The molecule has 100 valence electrons. The molecule has 0 spiro atoms. The van der Waals surface area contributed by atoms with E-state index in [4.69, 9.17) is 0 Å². The molecule has 0 aliphatic heterocycles. The Balaban J connectivity index is 1.96. The molecular formula is C18H17NO. The highest BCUT2D eigenvalue weighted by Crippen LogP contribution is 2.13. The lowest BCUT2D eigenvalue weighted by atomic mass is 10.0. The maximum atomic E-state index is 12.3. The number of para-hydroxylation sites is 1. The molecular weight excluding hydrogens is 246 g/mol. The number of nitrogens with one attached hydrogen (secondary N) is 1. The topological polar surface area (TPSA) is 32.9 Å². The van der Waals surface area contributed by atoms with Crippen LogP contribution in [0.1, 0.15) is 16.8 Å². The number of hydrogen-bond donors (Lipinski definition) is 1. The van der Waals surface area contributed by atoms with Gasteiger partial charge in [0.05, 0.1) is 0 Å². The molecule has 2 nitrogen and oxygen atoms in total. The lowest BCUT2D eigenvalue weighted by Crippen LogP contribution is -2.12. The third kappa shape index (κ3) is 2.37. The minimum absolute atomic E-state index is 0.141. The minimum Gasteiger partial charge on any atom is -0.358 e. The molecule has 0 bridgehead atoms. The summed E-state index contributed by atoms with van der Waals surface area (Å²) in [5.74, 6) is 0. The number of rotatable bonds is 3. The van der Waals surface area contributed by atoms with Crippen LogP contribution in [0.4, 0.5) is 0 Å². The quantitative estimate of drug-likeness (QED) is 0.769. The smallest absolute Gasteiger partial charge is 0.192 e. The maximum Gasteiger partial charge on any atom is 0.192 e. The Morgan fingerprint density at radius 3 is 2.40 bits per heavy atom. The van der Waals surface area contributed by atoms with E-state index in [0.29, 0.717) is 0 Å². The van der Waals surface area contributed by atoms with Gasteiger partial charge in [0.25, 0.3) is 0 Å². The molecule has 2 aromatic carbocycles. The van der Waals surface area contributed by atoms with E-state index in [2.05, 4.69) is 17.1 Å². The van der Waals surface area contributed by atoms with Crippen molar-refractivity contribution in [2.75, 3.05) is 0 Å². The highest BCUT2D eigenvalue weighted by Gasteiger charge is 2.07. The molecule has 0 amide bonds. The number of fused-ring (bicyclic) bond motifs is 1. The average molecular weight is 263 g/mol. The summed E-state index contributed by atoms with van der Waals surface area (Å²) in [4.78, 5) is 15.7. The van der Waals surface area contributed by atoms with Crippen molar-refractivity contribution in [2.24, 2.45) is 0 Å². The summed E-state index contributed by atoms with van der Waals surface area (Å²) in [7, 11) is 0. The Morgan fingerprint density at radius 2 is 1.60 bits per heavy atom. The third-order valence-electron chi connectivity index (χ3n) is 3.76. The first-order valence-corrected chi connectivity index (χ1v) is 6.90. The van der Waals surface area contributed by atoms with E-state index < -0.39 is 0 Å². The van der Waals surface area contributed by atoms with Crippen molar-refractivity contribution >= 4 is 10.9 Å². The molecule has 2 heteroatoms. The molecule has 0 unspecified atom stereocenters. The fourth-order valence-corrected chi connectivity index (χ4v) is 2.55. The van der Waals surface area contributed by atoms with Gasteiger partial charge < -0.3 is 4.98 Å². The number of aryl methyl sites for hydroxylation is 2. The first-order valence-electron chi connectivity index (χ1n) is 6.90. The zero-order chi connectivity index (χ0) is 13.9. The molecule has 3 rings (SSSR count). The summed E-state index contributed by atoms with van der Waals surface area (Å²) in [6.45, 7) is 1.91. The monoisotopic (exact) mass is 263 g/mol. The maximum absolute atomic E-state index is 12.3. The van der Waals surface area contributed by atoms with Gasteiger partial charge in [0.1, 0.15) is 0 Å². The Kier molecular flexibility index (Phi) is 3.38. The molecule has 0 aliphatic carbocycles. The molecule has 1 heterocycles. The minimum atomic E-state index is 0.141. The Morgan fingerprint density at radius 1 is 0.900 bits per heavy atom. The summed E-state index contributed by atoms with van der Waals surface area (Å²) in [5, 5.41) is 0.772. The Bertz CT molecular complexity index is 787. The van der Waals surface area contributed by atoms with Crippen LogP contribution in [0.3, 0.4) is 0 Å². The molecule has 0 radical (unpaired) electrons. The number of hydrogen-bond acceptors (Lipinski definition) is 1. The van der Waals surface area contributed by atoms with Crippen molar-refractivity contribution in [1.82, 2.24) is 4.98 Å². The predicted octanol–water partition coefficient (Wildman–Crippen LogP) is 3.62. The van der Waals surface area contributed by atoms with E-state index in [1.165, 1.54) is 5.56 Å². The van der Waals surface area contributed by atoms with E-state index in [0.717, 1.165) is 35.0 Å². The Hall–Kier alpha value is -2.35. The van der Waals surface area contributed by atoms with Gasteiger partial charge in [-0.15, -0.1) is 0 Å². The highest BCUT2D eigenvalue weighted by atomic mass is 16.1. The molecule has 0 fully saturated rings. The van der Waals surface area contributed by atoms with E-state index in [9.17, 15) is 4.79 Å². The van der Waals surface area contributed by atoms with E-state index in [1.807, 2.05) is 49.4 Å². The van der Waals surface area contributed by atoms with Crippen LogP contribution in [0.2, 0.25) is 0 Å². The van der Waals surface area contributed by atoms with Gasteiger partial charge in [-0.2, -0.15) is 0 Å². The number of H-pyrrole nitrogens is 1. The molecule has 1 N–H and O–H groups in total. The van der Waals surface area contributed by atoms with Crippen LogP contribution in [0.25, 0.3) is 10.9 Å². The van der Waals surface area contributed by atoms with Crippen LogP contribution in [-0.2, 0) is 12.8 Å². The van der Waals surface area contributed by atoms with Crippen LogP contribution in [0, 0.1) is 6.92 Å². The number of pyridine rings is 1. The van der Waals surface area contributed by atoms with Crippen molar-refractivity contribution < 1.29 is 0 Å². The van der Waals surface area contributed by atoms with Crippen molar-refractivity contribution in [2.45, 2.75) is 19.8 Å². The largest absolute Gasteiger partial charge is 0.358 e. The van der Waals surface area contributed by atoms with Gasteiger partial charge in [0, 0.05) is 22.2 Å². The highest BCUT2D eigenvalue weighted by molar-refractivity contribution is 5.79. The van der Waals surface area contributed by atoms with Crippen molar-refractivity contribution in [3.05, 3.63) is 81.6 Å². The van der Waals surface area contributed by atoms with E-state index >= 15 is 0 Å². The number of benzene rings is 2. The third-order valence-corrected chi connectivity index (χ3v) is 3.76. The second-order valence-electron chi connectivity index (χ2n) is 5.09. The van der Waals surface area contributed by atoms with Gasteiger partial charge in [-0.1, -0.05) is 42.5 Å². The Labute approximate surface area is 118 Å². The van der Waals surface area contributed by atoms with Crippen LogP contribution < -0.4 is 5.43 Å².